The zero-order valence-corrected chi connectivity index (χ0v) is 13.9. The first-order valence-corrected chi connectivity index (χ1v) is 7.83. The van der Waals surface area contributed by atoms with Gasteiger partial charge in [0.15, 0.2) is 11.5 Å². The lowest BCUT2D eigenvalue weighted by atomic mass is 10.1. The highest BCUT2D eigenvalue weighted by Gasteiger charge is 2.17. The molecule has 0 aliphatic carbocycles. The summed E-state index contributed by atoms with van der Waals surface area (Å²) in [6.07, 6.45) is 0. The molecule has 1 amide bonds. The Morgan fingerprint density at radius 2 is 1.81 bits per heavy atom. The Labute approximate surface area is 131 Å². The number of alkyl halides is 1. The van der Waals surface area contributed by atoms with E-state index in [1.54, 1.807) is 18.2 Å². The van der Waals surface area contributed by atoms with E-state index in [4.69, 9.17) is 21.1 Å². The molecule has 0 saturated carbocycles. The van der Waals surface area contributed by atoms with Gasteiger partial charge < -0.3 is 14.8 Å². The van der Waals surface area contributed by atoms with Crippen LogP contribution in [-0.4, -0.2) is 31.0 Å². The molecule has 0 bridgehead atoms. The van der Waals surface area contributed by atoms with Gasteiger partial charge in [0.25, 0.3) is 5.91 Å². The number of benzene rings is 1. The summed E-state index contributed by atoms with van der Waals surface area (Å²) in [7, 11) is 0. The molecule has 0 saturated heterocycles. The third-order valence-electron chi connectivity index (χ3n) is 3.09. The Morgan fingerprint density at radius 3 is 2.33 bits per heavy atom. The first kappa shape index (κ1) is 17.6. The van der Waals surface area contributed by atoms with Crippen LogP contribution in [0.1, 0.15) is 38.1 Å². The molecular weight excluding hydrogens is 290 g/mol. The van der Waals surface area contributed by atoms with Crippen molar-refractivity contribution >= 4 is 17.5 Å². The molecule has 21 heavy (non-hydrogen) atoms. The SMILES string of the molecule is CCOc1ccc(C(=O)NC(CCl)C(C)C)cc1OCC. The molecule has 1 rings (SSSR count). The fourth-order valence-corrected chi connectivity index (χ4v) is 2.26. The van der Waals surface area contributed by atoms with Crippen molar-refractivity contribution in [3.63, 3.8) is 0 Å². The maximum atomic E-state index is 12.3. The van der Waals surface area contributed by atoms with Crippen molar-refractivity contribution in [2.45, 2.75) is 33.7 Å². The van der Waals surface area contributed by atoms with Gasteiger partial charge in [-0.1, -0.05) is 13.8 Å². The van der Waals surface area contributed by atoms with E-state index in [1.807, 2.05) is 27.7 Å². The number of carbonyl (C=O) groups excluding carboxylic acids is 1. The van der Waals surface area contributed by atoms with Gasteiger partial charge in [-0.05, 0) is 38.0 Å². The zero-order chi connectivity index (χ0) is 15.8. The molecule has 1 N–H and O–H groups in total. The number of ether oxygens (including phenoxy) is 2. The molecule has 0 radical (unpaired) electrons. The summed E-state index contributed by atoms with van der Waals surface area (Å²) in [5.74, 6) is 1.74. The molecule has 4 nitrogen and oxygen atoms in total. The second kappa shape index (κ2) is 8.78. The quantitative estimate of drug-likeness (QED) is 0.747. The maximum Gasteiger partial charge on any atom is 0.251 e. The lowest BCUT2D eigenvalue weighted by molar-refractivity contribution is 0.0930. The average Bonchev–Trinajstić information content (AvgIpc) is 2.46. The van der Waals surface area contributed by atoms with E-state index in [0.717, 1.165) is 0 Å². The summed E-state index contributed by atoms with van der Waals surface area (Å²) < 4.78 is 11.0. The molecule has 0 aliphatic heterocycles. The highest BCUT2D eigenvalue weighted by Crippen LogP contribution is 2.28. The molecule has 0 aliphatic rings. The van der Waals surface area contributed by atoms with Crippen LogP contribution >= 0.6 is 11.6 Å². The Balaban J connectivity index is 2.91. The van der Waals surface area contributed by atoms with Crippen LogP contribution in [0.4, 0.5) is 0 Å². The van der Waals surface area contributed by atoms with Gasteiger partial charge in [0, 0.05) is 17.5 Å². The molecule has 1 unspecified atom stereocenters. The predicted octanol–water partition coefficient (Wildman–Crippen LogP) is 3.48. The Kier molecular flexibility index (Phi) is 7.37. The van der Waals surface area contributed by atoms with Crippen molar-refractivity contribution in [1.29, 1.82) is 0 Å². The van der Waals surface area contributed by atoms with Crippen LogP contribution in [0.5, 0.6) is 11.5 Å². The number of rotatable bonds is 8. The topological polar surface area (TPSA) is 47.6 Å². The fourth-order valence-electron chi connectivity index (χ4n) is 1.83. The number of hydrogen-bond acceptors (Lipinski definition) is 3. The van der Waals surface area contributed by atoms with Crippen LogP contribution in [0.15, 0.2) is 18.2 Å². The molecule has 0 heterocycles. The molecule has 5 heteroatoms. The van der Waals surface area contributed by atoms with E-state index in [1.165, 1.54) is 0 Å². The van der Waals surface area contributed by atoms with E-state index in [9.17, 15) is 4.79 Å². The minimum absolute atomic E-state index is 0.0544. The van der Waals surface area contributed by atoms with Crippen LogP contribution in [0.3, 0.4) is 0 Å². The third kappa shape index (κ3) is 5.12. The Morgan fingerprint density at radius 1 is 1.19 bits per heavy atom. The first-order valence-electron chi connectivity index (χ1n) is 7.29. The lowest BCUT2D eigenvalue weighted by Crippen LogP contribution is -2.39. The van der Waals surface area contributed by atoms with Gasteiger partial charge in [-0.3, -0.25) is 4.79 Å². The van der Waals surface area contributed by atoms with Crippen molar-refractivity contribution in [1.82, 2.24) is 5.32 Å². The number of hydrogen-bond donors (Lipinski definition) is 1. The summed E-state index contributed by atoms with van der Waals surface area (Å²) in [6, 6.07) is 5.14. The normalized spacial score (nSPS) is 12.1. The molecule has 0 aromatic heterocycles. The van der Waals surface area contributed by atoms with Crippen molar-refractivity contribution < 1.29 is 14.3 Å². The largest absolute Gasteiger partial charge is 0.490 e. The molecule has 0 fully saturated rings. The van der Waals surface area contributed by atoms with E-state index in [2.05, 4.69) is 5.32 Å². The maximum absolute atomic E-state index is 12.3. The number of amides is 1. The van der Waals surface area contributed by atoms with E-state index >= 15 is 0 Å². The summed E-state index contributed by atoms with van der Waals surface area (Å²) in [5, 5.41) is 2.94. The van der Waals surface area contributed by atoms with Crippen LogP contribution in [0.25, 0.3) is 0 Å². The van der Waals surface area contributed by atoms with Crippen molar-refractivity contribution in [2.24, 2.45) is 5.92 Å². The van der Waals surface area contributed by atoms with Gasteiger partial charge >= 0.3 is 0 Å². The second-order valence-electron chi connectivity index (χ2n) is 5.01. The fraction of sp³-hybridized carbons (Fsp3) is 0.562. The molecule has 1 atom stereocenters. The van der Waals surface area contributed by atoms with Gasteiger partial charge in [0.2, 0.25) is 0 Å². The van der Waals surface area contributed by atoms with Crippen LogP contribution in [-0.2, 0) is 0 Å². The summed E-state index contributed by atoms with van der Waals surface area (Å²) in [4.78, 5) is 12.3. The summed E-state index contributed by atoms with van der Waals surface area (Å²) in [6.45, 7) is 8.91. The van der Waals surface area contributed by atoms with Crippen LogP contribution in [0.2, 0.25) is 0 Å². The van der Waals surface area contributed by atoms with Gasteiger partial charge in [-0.2, -0.15) is 0 Å². The lowest BCUT2D eigenvalue weighted by Gasteiger charge is -2.20. The molecule has 1 aromatic carbocycles. The highest BCUT2D eigenvalue weighted by molar-refractivity contribution is 6.18. The minimum atomic E-state index is -0.154. The number of nitrogens with one attached hydrogen (secondary N) is 1. The molecule has 1 aromatic rings. The summed E-state index contributed by atoms with van der Waals surface area (Å²) in [5.41, 5.74) is 0.540. The predicted molar refractivity (Wildman–Crippen MR) is 85.6 cm³/mol. The van der Waals surface area contributed by atoms with Crippen molar-refractivity contribution in [2.75, 3.05) is 19.1 Å². The molecule has 118 valence electrons. The molecule has 0 spiro atoms. The Bertz CT molecular complexity index is 463. The smallest absolute Gasteiger partial charge is 0.251 e. The minimum Gasteiger partial charge on any atom is -0.490 e. The monoisotopic (exact) mass is 313 g/mol. The zero-order valence-electron chi connectivity index (χ0n) is 13.1. The average molecular weight is 314 g/mol. The van der Waals surface area contributed by atoms with Crippen molar-refractivity contribution in [3.05, 3.63) is 23.8 Å². The van der Waals surface area contributed by atoms with E-state index < -0.39 is 0 Å². The number of halogens is 1. The van der Waals surface area contributed by atoms with Crippen molar-refractivity contribution in [3.8, 4) is 11.5 Å². The van der Waals surface area contributed by atoms with E-state index in [0.29, 0.717) is 36.2 Å². The highest BCUT2D eigenvalue weighted by atomic mass is 35.5. The number of carbonyl (C=O) groups is 1. The Hall–Kier alpha value is -1.42. The van der Waals surface area contributed by atoms with Gasteiger partial charge in [0.1, 0.15) is 0 Å². The first-order chi connectivity index (χ1) is 10.0. The van der Waals surface area contributed by atoms with E-state index in [-0.39, 0.29) is 17.9 Å². The van der Waals surface area contributed by atoms with Gasteiger partial charge in [-0.15, -0.1) is 11.6 Å². The summed E-state index contributed by atoms with van der Waals surface area (Å²) >= 11 is 5.88. The van der Waals surface area contributed by atoms with Crippen LogP contribution < -0.4 is 14.8 Å². The van der Waals surface area contributed by atoms with Crippen LogP contribution in [0, 0.1) is 5.92 Å². The third-order valence-corrected chi connectivity index (χ3v) is 3.43. The van der Waals surface area contributed by atoms with Gasteiger partial charge in [0.05, 0.1) is 13.2 Å². The second-order valence-corrected chi connectivity index (χ2v) is 5.31. The van der Waals surface area contributed by atoms with Gasteiger partial charge in [-0.25, -0.2) is 0 Å². The molecular formula is C16H24ClNO3. The standard InChI is InChI=1S/C16H24ClNO3/c1-5-20-14-8-7-12(9-15(14)21-6-2)16(19)18-13(10-17)11(3)4/h7-9,11,13H,5-6,10H2,1-4H3,(H,18,19).